The number of aryl methyl sites for hydroxylation is 1. The van der Waals surface area contributed by atoms with Gasteiger partial charge < -0.3 is 10.5 Å². The highest BCUT2D eigenvalue weighted by Gasteiger charge is 2.07. The van der Waals surface area contributed by atoms with E-state index in [0.29, 0.717) is 11.3 Å². The first kappa shape index (κ1) is 14.4. The van der Waals surface area contributed by atoms with Crippen molar-refractivity contribution in [2.75, 3.05) is 0 Å². The Balaban J connectivity index is 2.17. The molecular weight excluding hydrogens is 280 g/mol. The third-order valence-corrected chi connectivity index (χ3v) is 3.06. The fourth-order valence-electron chi connectivity index (χ4n) is 1.74. The molecule has 0 radical (unpaired) electrons. The zero-order valence-electron chi connectivity index (χ0n) is 10.8. The highest BCUT2D eigenvalue weighted by Crippen LogP contribution is 2.20. The van der Waals surface area contributed by atoms with E-state index in [0.717, 1.165) is 5.56 Å². The Morgan fingerprint density at radius 1 is 1.20 bits per heavy atom. The lowest BCUT2D eigenvalue weighted by Crippen LogP contribution is -2.12. The largest absolute Gasteiger partial charge is 0.489 e. The molecule has 0 aliphatic rings. The third-order valence-electron chi connectivity index (χ3n) is 2.84. The number of benzene rings is 2. The van der Waals surface area contributed by atoms with Gasteiger partial charge in [0.1, 0.15) is 29.0 Å². The van der Waals surface area contributed by atoms with Crippen LogP contribution in [0.25, 0.3) is 0 Å². The summed E-state index contributed by atoms with van der Waals surface area (Å²) in [4.78, 5) is -0.00807. The van der Waals surface area contributed by atoms with Gasteiger partial charge >= 0.3 is 0 Å². The normalized spacial score (nSPS) is 10.3. The second-order valence-electron chi connectivity index (χ2n) is 4.38. The van der Waals surface area contributed by atoms with Crippen molar-refractivity contribution in [2.45, 2.75) is 13.5 Å². The zero-order chi connectivity index (χ0) is 14.7. The van der Waals surface area contributed by atoms with Crippen LogP contribution in [0.3, 0.4) is 0 Å². The average molecular weight is 293 g/mol. The van der Waals surface area contributed by atoms with Crippen LogP contribution in [0.1, 0.15) is 16.7 Å². The molecule has 0 aromatic heterocycles. The van der Waals surface area contributed by atoms with Gasteiger partial charge in [-0.1, -0.05) is 24.4 Å². The van der Waals surface area contributed by atoms with E-state index in [1.165, 1.54) is 24.3 Å². The summed E-state index contributed by atoms with van der Waals surface area (Å²) in [6, 6.07) is 8.71. The first-order valence-corrected chi connectivity index (χ1v) is 6.35. The number of thiocarbonyl (C=S) groups is 1. The average Bonchev–Trinajstić information content (AvgIpc) is 2.41. The molecule has 0 heterocycles. The first-order valence-electron chi connectivity index (χ1n) is 5.94. The molecule has 0 saturated heterocycles. The minimum atomic E-state index is -0.469. The van der Waals surface area contributed by atoms with Crippen LogP contribution in [0.2, 0.25) is 0 Å². The maximum atomic E-state index is 13.4. The molecule has 2 nitrogen and oxygen atoms in total. The standard InChI is InChI=1S/C15H13F2NOS/c1-9-2-4-11(16)7-14(9)19-8-10-3-5-13(17)12(6-10)15(18)20/h2-7H,8H2,1H3,(H2,18,20). The molecule has 0 spiro atoms. The quantitative estimate of drug-likeness (QED) is 0.877. The molecule has 0 aliphatic carbocycles. The van der Waals surface area contributed by atoms with E-state index in [4.69, 9.17) is 22.7 Å². The number of nitrogens with two attached hydrogens (primary N) is 1. The smallest absolute Gasteiger partial charge is 0.133 e. The summed E-state index contributed by atoms with van der Waals surface area (Å²) in [6.45, 7) is 2.00. The van der Waals surface area contributed by atoms with Crippen molar-refractivity contribution in [3.63, 3.8) is 0 Å². The van der Waals surface area contributed by atoms with Crippen LogP contribution in [-0.2, 0) is 6.61 Å². The van der Waals surface area contributed by atoms with Crippen LogP contribution in [-0.4, -0.2) is 4.99 Å². The van der Waals surface area contributed by atoms with Crippen molar-refractivity contribution in [3.8, 4) is 5.75 Å². The Labute approximate surface area is 121 Å². The molecule has 5 heteroatoms. The molecule has 0 bridgehead atoms. The SMILES string of the molecule is Cc1ccc(F)cc1OCc1ccc(F)c(C(N)=S)c1. The summed E-state index contributed by atoms with van der Waals surface area (Å²) in [5.41, 5.74) is 7.14. The van der Waals surface area contributed by atoms with Crippen molar-refractivity contribution in [2.24, 2.45) is 5.73 Å². The lowest BCUT2D eigenvalue weighted by molar-refractivity contribution is 0.302. The summed E-state index contributed by atoms with van der Waals surface area (Å²) in [5.74, 6) is -0.386. The fraction of sp³-hybridized carbons (Fsp3) is 0.133. The van der Waals surface area contributed by atoms with E-state index in [2.05, 4.69) is 0 Å². The molecule has 0 fully saturated rings. The fourth-order valence-corrected chi connectivity index (χ4v) is 1.90. The van der Waals surface area contributed by atoms with E-state index in [9.17, 15) is 8.78 Å². The number of ether oxygens (including phenoxy) is 1. The lowest BCUT2D eigenvalue weighted by atomic mass is 10.1. The van der Waals surface area contributed by atoms with Gasteiger partial charge in [0.25, 0.3) is 0 Å². The van der Waals surface area contributed by atoms with Gasteiger partial charge in [-0.15, -0.1) is 0 Å². The summed E-state index contributed by atoms with van der Waals surface area (Å²) in [5, 5.41) is 0. The molecule has 104 valence electrons. The van der Waals surface area contributed by atoms with E-state index in [-0.39, 0.29) is 23.0 Å². The number of halogens is 2. The van der Waals surface area contributed by atoms with Crippen LogP contribution in [0, 0.1) is 18.6 Å². The summed E-state index contributed by atoms with van der Waals surface area (Å²) >= 11 is 4.77. The van der Waals surface area contributed by atoms with Crippen LogP contribution >= 0.6 is 12.2 Å². The summed E-state index contributed by atoms with van der Waals surface area (Å²) in [7, 11) is 0. The second kappa shape index (κ2) is 5.96. The molecule has 20 heavy (non-hydrogen) atoms. The van der Waals surface area contributed by atoms with Crippen LogP contribution in [0.5, 0.6) is 5.75 Å². The molecule has 0 unspecified atom stereocenters. The summed E-state index contributed by atoms with van der Waals surface area (Å²) < 4.78 is 32.1. The van der Waals surface area contributed by atoms with Gasteiger partial charge in [0.15, 0.2) is 0 Å². The molecule has 0 atom stereocenters. The Morgan fingerprint density at radius 2 is 1.95 bits per heavy atom. The van der Waals surface area contributed by atoms with Gasteiger partial charge in [0.2, 0.25) is 0 Å². The molecule has 0 aliphatic heterocycles. The topological polar surface area (TPSA) is 35.2 Å². The van der Waals surface area contributed by atoms with Gasteiger partial charge in [0, 0.05) is 11.6 Å². The Bertz CT molecular complexity index is 658. The van der Waals surface area contributed by atoms with Crippen molar-refractivity contribution in [3.05, 3.63) is 64.7 Å². The Kier molecular flexibility index (Phi) is 4.29. The first-order chi connectivity index (χ1) is 9.47. The van der Waals surface area contributed by atoms with E-state index in [1.807, 2.05) is 6.92 Å². The van der Waals surface area contributed by atoms with Crippen LogP contribution in [0.15, 0.2) is 36.4 Å². The third kappa shape index (κ3) is 3.30. The maximum absolute atomic E-state index is 13.4. The van der Waals surface area contributed by atoms with Crippen LogP contribution < -0.4 is 10.5 Å². The minimum absolute atomic E-state index is 0.00807. The predicted octanol–water partition coefficient (Wildman–Crippen LogP) is 3.49. The lowest BCUT2D eigenvalue weighted by Gasteiger charge is -2.10. The van der Waals surface area contributed by atoms with Crippen molar-refractivity contribution < 1.29 is 13.5 Å². The van der Waals surface area contributed by atoms with Gasteiger partial charge in [-0.3, -0.25) is 0 Å². The highest BCUT2D eigenvalue weighted by atomic mass is 32.1. The molecule has 2 aromatic carbocycles. The van der Waals surface area contributed by atoms with E-state index >= 15 is 0 Å². The summed E-state index contributed by atoms with van der Waals surface area (Å²) in [6.07, 6.45) is 0. The maximum Gasteiger partial charge on any atom is 0.133 e. The molecule has 2 N–H and O–H groups in total. The van der Waals surface area contributed by atoms with Gasteiger partial charge in [-0.05, 0) is 36.2 Å². The van der Waals surface area contributed by atoms with E-state index in [1.54, 1.807) is 12.1 Å². The molecule has 0 amide bonds. The van der Waals surface area contributed by atoms with Crippen molar-refractivity contribution >= 4 is 17.2 Å². The zero-order valence-corrected chi connectivity index (χ0v) is 11.6. The number of hydrogen-bond donors (Lipinski definition) is 1. The monoisotopic (exact) mass is 293 g/mol. The molecule has 2 rings (SSSR count). The minimum Gasteiger partial charge on any atom is -0.489 e. The van der Waals surface area contributed by atoms with Gasteiger partial charge in [-0.2, -0.15) is 0 Å². The molecular formula is C15H13F2NOS. The molecule has 0 saturated carbocycles. The van der Waals surface area contributed by atoms with Crippen LogP contribution in [0.4, 0.5) is 8.78 Å². The van der Waals surface area contributed by atoms with Gasteiger partial charge in [0.05, 0.1) is 0 Å². The second-order valence-corrected chi connectivity index (χ2v) is 4.82. The Morgan fingerprint density at radius 3 is 2.65 bits per heavy atom. The highest BCUT2D eigenvalue weighted by molar-refractivity contribution is 7.80. The van der Waals surface area contributed by atoms with E-state index < -0.39 is 5.82 Å². The number of rotatable bonds is 4. The number of hydrogen-bond acceptors (Lipinski definition) is 2. The molecule has 2 aromatic rings. The van der Waals surface area contributed by atoms with Gasteiger partial charge in [-0.25, -0.2) is 8.78 Å². The Hall–Kier alpha value is -2.01. The predicted molar refractivity (Wildman–Crippen MR) is 77.8 cm³/mol. The van der Waals surface area contributed by atoms with Crippen molar-refractivity contribution in [1.82, 2.24) is 0 Å². The van der Waals surface area contributed by atoms with Crippen molar-refractivity contribution in [1.29, 1.82) is 0 Å².